The van der Waals surface area contributed by atoms with Gasteiger partial charge in [0.2, 0.25) is 0 Å². The van der Waals surface area contributed by atoms with Crippen molar-refractivity contribution in [1.29, 1.82) is 0 Å². The average Bonchev–Trinajstić information content (AvgIpc) is 2.90. The van der Waals surface area contributed by atoms with E-state index >= 15 is 0 Å². The van der Waals surface area contributed by atoms with E-state index in [0.29, 0.717) is 4.52 Å². The van der Waals surface area contributed by atoms with Gasteiger partial charge in [-0.2, -0.15) is 17.7 Å². The van der Waals surface area contributed by atoms with E-state index in [1.165, 1.54) is 17.0 Å². The monoisotopic (exact) mass is 293 g/mol. The summed E-state index contributed by atoms with van der Waals surface area (Å²) >= 11 is 0. The molecule has 0 bridgehead atoms. The standard InChI is InChI=1S/C10H8F5N5/c11-9(12)3-4-19(5-9)7-2-1-6-16-17-8(10(13,14)15)20(6)18-7/h1-2H,3-5H2. The van der Waals surface area contributed by atoms with Crippen LogP contribution < -0.4 is 4.90 Å². The lowest BCUT2D eigenvalue weighted by atomic mass is 10.3. The number of hydrogen-bond donors (Lipinski definition) is 0. The van der Waals surface area contributed by atoms with Crippen LogP contribution in [0.3, 0.4) is 0 Å². The summed E-state index contributed by atoms with van der Waals surface area (Å²) in [7, 11) is 0. The highest BCUT2D eigenvalue weighted by molar-refractivity contribution is 5.47. The van der Waals surface area contributed by atoms with Crippen LogP contribution in [0.15, 0.2) is 12.1 Å². The van der Waals surface area contributed by atoms with Gasteiger partial charge in [0.25, 0.3) is 11.7 Å². The molecule has 0 unspecified atom stereocenters. The molecule has 0 radical (unpaired) electrons. The highest BCUT2D eigenvalue weighted by atomic mass is 19.4. The van der Waals surface area contributed by atoms with Gasteiger partial charge in [-0.25, -0.2) is 8.78 Å². The molecule has 1 aliphatic heterocycles. The molecule has 0 aromatic carbocycles. The van der Waals surface area contributed by atoms with Crippen LogP contribution >= 0.6 is 0 Å². The Kier molecular flexibility index (Phi) is 2.60. The maximum Gasteiger partial charge on any atom is 0.453 e. The summed E-state index contributed by atoms with van der Waals surface area (Å²) in [6.07, 6.45) is -5.05. The Morgan fingerprint density at radius 2 is 1.90 bits per heavy atom. The molecule has 1 saturated heterocycles. The fourth-order valence-electron chi connectivity index (χ4n) is 2.06. The predicted molar refractivity (Wildman–Crippen MR) is 57.6 cm³/mol. The quantitative estimate of drug-likeness (QED) is 0.754. The van der Waals surface area contributed by atoms with Crippen LogP contribution in [0.2, 0.25) is 0 Å². The van der Waals surface area contributed by atoms with Crippen LogP contribution in [0.4, 0.5) is 27.8 Å². The third kappa shape index (κ3) is 2.14. The van der Waals surface area contributed by atoms with Gasteiger partial charge >= 0.3 is 6.18 Å². The number of fused-ring (bicyclic) bond motifs is 1. The van der Waals surface area contributed by atoms with Gasteiger partial charge in [-0.3, -0.25) is 0 Å². The van der Waals surface area contributed by atoms with Crippen LogP contribution in [0.25, 0.3) is 5.65 Å². The van der Waals surface area contributed by atoms with E-state index in [1.807, 2.05) is 0 Å². The molecule has 0 N–H and O–H groups in total. The third-order valence-electron chi connectivity index (χ3n) is 3.00. The van der Waals surface area contributed by atoms with Crippen molar-refractivity contribution < 1.29 is 22.0 Å². The van der Waals surface area contributed by atoms with Crippen LogP contribution in [0, 0.1) is 0 Å². The molecule has 0 atom stereocenters. The predicted octanol–water partition coefficient (Wildman–Crippen LogP) is 1.99. The summed E-state index contributed by atoms with van der Waals surface area (Å²) in [6, 6.07) is 2.62. The molecule has 3 rings (SSSR count). The second-order valence-corrected chi connectivity index (χ2v) is 4.51. The van der Waals surface area contributed by atoms with Crippen LogP contribution in [-0.2, 0) is 6.18 Å². The molecule has 0 amide bonds. The molecule has 2 aromatic rings. The molecule has 2 aromatic heterocycles. The molecule has 108 valence electrons. The first-order valence-corrected chi connectivity index (χ1v) is 5.69. The van der Waals surface area contributed by atoms with Gasteiger partial charge in [-0.1, -0.05) is 0 Å². The van der Waals surface area contributed by atoms with E-state index in [0.717, 1.165) is 0 Å². The van der Waals surface area contributed by atoms with Crippen molar-refractivity contribution in [3.8, 4) is 0 Å². The van der Waals surface area contributed by atoms with Gasteiger partial charge < -0.3 is 4.90 Å². The van der Waals surface area contributed by atoms with Crippen molar-refractivity contribution in [2.75, 3.05) is 18.0 Å². The zero-order valence-electron chi connectivity index (χ0n) is 9.90. The summed E-state index contributed by atoms with van der Waals surface area (Å²) in [5.74, 6) is -4.09. The molecule has 0 spiro atoms. The number of halogens is 5. The highest BCUT2D eigenvalue weighted by Gasteiger charge is 2.40. The minimum atomic E-state index is -4.71. The number of anilines is 1. The smallest absolute Gasteiger partial charge is 0.349 e. The molecule has 20 heavy (non-hydrogen) atoms. The maximum absolute atomic E-state index is 13.1. The number of alkyl halides is 5. The van der Waals surface area contributed by atoms with E-state index in [4.69, 9.17) is 0 Å². The van der Waals surface area contributed by atoms with Crippen molar-refractivity contribution in [2.24, 2.45) is 0 Å². The molecule has 5 nitrogen and oxygen atoms in total. The normalized spacial score (nSPS) is 18.9. The summed E-state index contributed by atoms with van der Waals surface area (Å²) in [5, 5.41) is 10.1. The van der Waals surface area contributed by atoms with Crippen molar-refractivity contribution in [1.82, 2.24) is 19.8 Å². The Morgan fingerprint density at radius 3 is 2.50 bits per heavy atom. The van der Waals surface area contributed by atoms with Gasteiger partial charge in [-0.15, -0.1) is 15.3 Å². The van der Waals surface area contributed by atoms with E-state index in [1.54, 1.807) is 0 Å². The fraction of sp³-hybridized carbons (Fsp3) is 0.500. The van der Waals surface area contributed by atoms with Crippen molar-refractivity contribution >= 4 is 11.5 Å². The Morgan fingerprint density at radius 1 is 1.15 bits per heavy atom. The van der Waals surface area contributed by atoms with Gasteiger partial charge in [-0.05, 0) is 12.1 Å². The lowest BCUT2D eigenvalue weighted by Crippen LogP contribution is -2.26. The molecule has 3 heterocycles. The summed E-state index contributed by atoms with van der Waals surface area (Å²) in [4.78, 5) is 1.24. The van der Waals surface area contributed by atoms with Gasteiger partial charge in [0.1, 0.15) is 5.82 Å². The van der Waals surface area contributed by atoms with Gasteiger partial charge in [0.15, 0.2) is 5.65 Å². The molecule has 0 aliphatic carbocycles. The Balaban J connectivity index is 2.02. The Labute approximate surface area is 109 Å². The molecular formula is C10H8F5N5. The summed E-state index contributed by atoms with van der Waals surface area (Å²) in [5.41, 5.74) is -0.0907. The van der Waals surface area contributed by atoms with Crippen LogP contribution in [0.5, 0.6) is 0 Å². The fourth-order valence-corrected chi connectivity index (χ4v) is 2.06. The Hall–Kier alpha value is -2.00. The lowest BCUT2D eigenvalue weighted by molar-refractivity contribution is -0.146. The van der Waals surface area contributed by atoms with Crippen LogP contribution in [0.1, 0.15) is 12.2 Å². The first-order valence-electron chi connectivity index (χ1n) is 5.69. The highest BCUT2D eigenvalue weighted by Crippen LogP contribution is 2.31. The zero-order chi connectivity index (χ0) is 14.5. The first-order chi connectivity index (χ1) is 9.26. The molecule has 1 aliphatic rings. The maximum atomic E-state index is 13.1. The van der Waals surface area contributed by atoms with Crippen molar-refractivity contribution in [2.45, 2.75) is 18.5 Å². The number of nitrogens with zero attached hydrogens (tertiary/aromatic N) is 5. The van der Waals surface area contributed by atoms with E-state index in [9.17, 15) is 22.0 Å². The minimum absolute atomic E-state index is 0.0367. The second kappa shape index (κ2) is 4.00. The summed E-state index contributed by atoms with van der Waals surface area (Å²) in [6.45, 7) is -0.524. The minimum Gasteiger partial charge on any atom is -0.349 e. The Bertz CT molecular complexity index is 649. The van der Waals surface area contributed by atoms with E-state index < -0.39 is 24.5 Å². The number of aromatic nitrogens is 4. The van der Waals surface area contributed by atoms with Crippen molar-refractivity contribution in [3.05, 3.63) is 18.0 Å². The summed E-state index contributed by atoms with van der Waals surface area (Å²) < 4.78 is 64.8. The van der Waals surface area contributed by atoms with E-state index in [2.05, 4.69) is 15.3 Å². The third-order valence-corrected chi connectivity index (χ3v) is 3.00. The number of rotatable bonds is 1. The molecule has 10 heteroatoms. The van der Waals surface area contributed by atoms with Crippen molar-refractivity contribution in [3.63, 3.8) is 0 Å². The molecule has 1 fully saturated rings. The van der Waals surface area contributed by atoms with Gasteiger partial charge in [0.05, 0.1) is 6.54 Å². The SMILES string of the molecule is FC1(F)CCN(c2ccc3nnc(C(F)(F)F)n3n2)C1. The molecule has 0 saturated carbocycles. The van der Waals surface area contributed by atoms with Crippen LogP contribution in [-0.4, -0.2) is 38.8 Å². The molecular weight excluding hydrogens is 285 g/mol. The number of hydrogen-bond acceptors (Lipinski definition) is 4. The average molecular weight is 293 g/mol. The lowest BCUT2D eigenvalue weighted by Gasteiger charge is -2.16. The zero-order valence-corrected chi connectivity index (χ0v) is 9.90. The van der Waals surface area contributed by atoms with Gasteiger partial charge in [0, 0.05) is 13.0 Å². The second-order valence-electron chi connectivity index (χ2n) is 4.51. The largest absolute Gasteiger partial charge is 0.453 e. The van der Waals surface area contributed by atoms with E-state index in [-0.39, 0.29) is 24.4 Å². The first kappa shape index (κ1) is 13.0. The topological polar surface area (TPSA) is 46.3 Å².